The van der Waals surface area contributed by atoms with Gasteiger partial charge in [-0.2, -0.15) is 4.98 Å². The molecular weight excluding hydrogens is 278 g/mol. The van der Waals surface area contributed by atoms with Gasteiger partial charge in [0, 0.05) is 31.4 Å². The first-order valence-corrected chi connectivity index (χ1v) is 7.48. The molecule has 1 aliphatic carbocycles. The summed E-state index contributed by atoms with van der Waals surface area (Å²) < 4.78 is 7.25. The minimum atomic E-state index is 0.504. The molecule has 1 fully saturated rings. The summed E-state index contributed by atoms with van der Waals surface area (Å²) in [5.41, 5.74) is 2.43. The summed E-state index contributed by atoms with van der Waals surface area (Å²) in [7, 11) is 0. The van der Waals surface area contributed by atoms with Gasteiger partial charge in [-0.25, -0.2) is 4.98 Å². The van der Waals surface area contributed by atoms with E-state index in [1.165, 1.54) is 24.0 Å². The van der Waals surface area contributed by atoms with E-state index in [0.717, 1.165) is 12.4 Å². The summed E-state index contributed by atoms with van der Waals surface area (Å²) in [4.78, 5) is 8.40. The average molecular weight is 295 g/mol. The molecule has 1 aliphatic rings. The number of rotatable bonds is 6. The van der Waals surface area contributed by atoms with Crippen LogP contribution in [0.15, 0.2) is 47.5 Å². The van der Waals surface area contributed by atoms with Crippen LogP contribution < -0.4 is 5.32 Å². The zero-order valence-electron chi connectivity index (χ0n) is 12.1. The van der Waals surface area contributed by atoms with Crippen LogP contribution in [0.1, 0.15) is 35.7 Å². The first kappa shape index (κ1) is 13.1. The van der Waals surface area contributed by atoms with E-state index >= 15 is 0 Å². The van der Waals surface area contributed by atoms with Crippen molar-refractivity contribution < 1.29 is 4.52 Å². The molecule has 0 radical (unpaired) electrons. The Morgan fingerprint density at radius 1 is 1.18 bits per heavy atom. The van der Waals surface area contributed by atoms with Crippen LogP contribution in [0, 0.1) is 0 Å². The first-order chi connectivity index (χ1) is 10.9. The summed E-state index contributed by atoms with van der Waals surface area (Å²) in [6.07, 6.45) is 7.93. The van der Waals surface area contributed by atoms with Crippen LogP contribution in [0.4, 0.5) is 6.01 Å². The monoisotopic (exact) mass is 295 g/mol. The fraction of sp³-hybridized carbons (Fsp3) is 0.312. The largest absolute Gasteiger partial charge is 0.334 e. The third-order valence-electron chi connectivity index (χ3n) is 3.78. The molecule has 0 unspecified atom stereocenters. The highest BCUT2D eigenvalue weighted by Gasteiger charge is 2.28. The number of nitrogens with zero attached hydrogens (tertiary/aromatic N) is 4. The molecule has 4 rings (SSSR count). The van der Waals surface area contributed by atoms with Gasteiger partial charge in [0.25, 0.3) is 0 Å². The minimum Gasteiger partial charge on any atom is -0.334 e. The third kappa shape index (κ3) is 3.00. The lowest BCUT2D eigenvalue weighted by atomic mass is 10.1. The normalized spacial score (nSPS) is 14.2. The maximum atomic E-state index is 5.20. The topological polar surface area (TPSA) is 68.8 Å². The second-order valence-corrected chi connectivity index (χ2v) is 5.64. The zero-order valence-corrected chi connectivity index (χ0v) is 12.1. The van der Waals surface area contributed by atoms with Crippen molar-refractivity contribution in [3.8, 4) is 0 Å². The third-order valence-corrected chi connectivity index (χ3v) is 3.78. The smallest absolute Gasteiger partial charge is 0.321 e. The van der Waals surface area contributed by atoms with Crippen molar-refractivity contribution in [1.82, 2.24) is 19.7 Å². The van der Waals surface area contributed by atoms with Crippen LogP contribution in [0.25, 0.3) is 0 Å². The minimum absolute atomic E-state index is 0.504. The van der Waals surface area contributed by atoms with Crippen molar-refractivity contribution in [2.24, 2.45) is 0 Å². The Kier molecular flexibility index (Phi) is 3.34. The van der Waals surface area contributed by atoms with E-state index in [1.54, 1.807) is 6.20 Å². The molecule has 6 heteroatoms. The summed E-state index contributed by atoms with van der Waals surface area (Å²) >= 11 is 0. The standard InChI is InChI=1S/C16H17N5O/c1-3-13(10-21-8-7-17-11-21)4-2-12(1)9-18-16-19-15(20-22-16)14-5-6-14/h1-4,7-8,11,14H,5-6,9-10H2,(H,18,19,20). The van der Waals surface area contributed by atoms with E-state index in [1.807, 2.05) is 17.1 Å². The molecule has 6 nitrogen and oxygen atoms in total. The molecule has 2 aromatic heterocycles. The number of nitrogens with one attached hydrogen (secondary N) is 1. The second kappa shape index (κ2) is 5.63. The number of anilines is 1. The number of imidazole rings is 1. The van der Waals surface area contributed by atoms with Gasteiger partial charge in [0.2, 0.25) is 0 Å². The van der Waals surface area contributed by atoms with E-state index in [0.29, 0.717) is 18.5 Å². The molecule has 1 N–H and O–H groups in total. The predicted octanol–water partition coefficient (Wildman–Crippen LogP) is 2.80. The Balaban J connectivity index is 1.34. The Morgan fingerprint density at radius 2 is 2.00 bits per heavy atom. The average Bonchev–Trinajstić information content (AvgIpc) is 3.07. The van der Waals surface area contributed by atoms with Gasteiger partial charge in [-0.1, -0.05) is 29.4 Å². The van der Waals surface area contributed by atoms with Gasteiger partial charge < -0.3 is 14.4 Å². The highest BCUT2D eigenvalue weighted by Crippen LogP contribution is 2.38. The lowest BCUT2D eigenvalue weighted by Crippen LogP contribution is -2.01. The summed E-state index contributed by atoms with van der Waals surface area (Å²) in [5, 5.41) is 7.16. The molecule has 112 valence electrons. The number of benzene rings is 1. The second-order valence-electron chi connectivity index (χ2n) is 5.64. The van der Waals surface area contributed by atoms with Crippen LogP contribution in [0.3, 0.4) is 0 Å². The van der Waals surface area contributed by atoms with Crippen molar-refractivity contribution in [2.75, 3.05) is 5.32 Å². The van der Waals surface area contributed by atoms with Crippen molar-refractivity contribution in [3.05, 3.63) is 59.9 Å². The molecule has 1 aromatic carbocycles. The number of hydrogen-bond acceptors (Lipinski definition) is 5. The molecule has 0 bridgehead atoms. The van der Waals surface area contributed by atoms with Crippen molar-refractivity contribution in [1.29, 1.82) is 0 Å². The number of aromatic nitrogens is 4. The lowest BCUT2D eigenvalue weighted by Gasteiger charge is -2.05. The summed E-state index contributed by atoms with van der Waals surface area (Å²) in [5.74, 6) is 1.35. The van der Waals surface area contributed by atoms with Crippen LogP contribution in [0.2, 0.25) is 0 Å². The Morgan fingerprint density at radius 3 is 2.73 bits per heavy atom. The zero-order chi connectivity index (χ0) is 14.8. The van der Waals surface area contributed by atoms with Gasteiger partial charge in [-0.3, -0.25) is 0 Å². The predicted molar refractivity (Wildman–Crippen MR) is 81.4 cm³/mol. The van der Waals surface area contributed by atoms with Crippen LogP contribution in [-0.2, 0) is 13.1 Å². The van der Waals surface area contributed by atoms with Gasteiger partial charge >= 0.3 is 6.01 Å². The Hall–Kier alpha value is -2.63. The summed E-state index contributed by atoms with van der Waals surface area (Å²) in [6, 6.07) is 8.97. The SMILES string of the molecule is c1cn(Cc2ccc(CNc3nc(C4CC4)no3)cc2)cn1. The van der Waals surface area contributed by atoms with E-state index in [4.69, 9.17) is 4.52 Å². The molecule has 2 heterocycles. The van der Waals surface area contributed by atoms with Gasteiger partial charge in [0.05, 0.1) is 6.33 Å². The van der Waals surface area contributed by atoms with E-state index in [9.17, 15) is 0 Å². The van der Waals surface area contributed by atoms with Crippen molar-refractivity contribution in [3.63, 3.8) is 0 Å². The van der Waals surface area contributed by atoms with E-state index < -0.39 is 0 Å². The molecule has 1 saturated carbocycles. The van der Waals surface area contributed by atoms with Gasteiger partial charge in [0.1, 0.15) is 0 Å². The molecule has 0 spiro atoms. The fourth-order valence-electron chi connectivity index (χ4n) is 2.35. The van der Waals surface area contributed by atoms with Crippen LogP contribution >= 0.6 is 0 Å². The molecule has 0 aliphatic heterocycles. The molecular formula is C16H17N5O. The van der Waals surface area contributed by atoms with Crippen LogP contribution in [-0.4, -0.2) is 19.7 Å². The van der Waals surface area contributed by atoms with Gasteiger partial charge in [-0.05, 0) is 24.0 Å². The maximum Gasteiger partial charge on any atom is 0.321 e. The fourth-order valence-corrected chi connectivity index (χ4v) is 2.35. The Bertz CT molecular complexity index is 728. The highest BCUT2D eigenvalue weighted by atomic mass is 16.5. The summed E-state index contributed by atoms with van der Waals surface area (Å²) in [6.45, 7) is 1.51. The van der Waals surface area contributed by atoms with E-state index in [2.05, 4.69) is 44.7 Å². The maximum absolute atomic E-state index is 5.20. The lowest BCUT2D eigenvalue weighted by molar-refractivity contribution is 0.422. The van der Waals surface area contributed by atoms with Gasteiger partial charge in [-0.15, -0.1) is 0 Å². The molecule has 0 atom stereocenters. The Labute approximate surface area is 128 Å². The highest BCUT2D eigenvalue weighted by molar-refractivity contribution is 5.28. The van der Waals surface area contributed by atoms with E-state index in [-0.39, 0.29) is 0 Å². The molecule has 0 saturated heterocycles. The first-order valence-electron chi connectivity index (χ1n) is 7.48. The molecule has 3 aromatic rings. The quantitative estimate of drug-likeness (QED) is 0.757. The van der Waals surface area contributed by atoms with Gasteiger partial charge in [0.15, 0.2) is 5.82 Å². The molecule has 0 amide bonds. The molecule has 22 heavy (non-hydrogen) atoms. The van der Waals surface area contributed by atoms with Crippen LogP contribution in [0.5, 0.6) is 0 Å². The van der Waals surface area contributed by atoms with Crippen molar-refractivity contribution >= 4 is 6.01 Å². The van der Waals surface area contributed by atoms with Crippen molar-refractivity contribution in [2.45, 2.75) is 31.8 Å². The number of hydrogen-bond donors (Lipinski definition) is 1.